The van der Waals surface area contributed by atoms with Crippen LogP contribution in [0, 0.1) is 6.92 Å². The molecule has 0 bridgehead atoms. The zero-order valence-corrected chi connectivity index (χ0v) is 13.4. The van der Waals surface area contributed by atoms with Crippen molar-refractivity contribution in [1.82, 2.24) is 4.57 Å². The molecule has 1 aromatic carbocycles. The Labute approximate surface area is 136 Å². The number of halogens is 1. The van der Waals surface area contributed by atoms with E-state index in [0.29, 0.717) is 16.1 Å². The van der Waals surface area contributed by atoms with Gasteiger partial charge in [0.25, 0.3) is 5.56 Å². The first-order valence-electron chi connectivity index (χ1n) is 6.67. The lowest BCUT2D eigenvalue weighted by Gasteiger charge is -2.09. The molecule has 0 aliphatic carbocycles. The molecule has 112 valence electrons. The number of pyridine rings is 1. The van der Waals surface area contributed by atoms with Crippen LogP contribution in [-0.2, 0) is 11.3 Å². The van der Waals surface area contributed by atoms with E-state index in [4.69, 9.17) is 11.6 Å². The number of thiophene rings is 1. The van der Waals surface area contributed by atoms with Gasteiger partial charge in [0.2, 0.25) is 5.91 Å². The molecule has 0 saturated heterocycles. The molecule has 0 aliphatic heterocycles. The van der Waals surface area contributed by atoms with Crippen LogP contribution >= 0.6 is 22.9 Å². The van der Waals surface area contributed by atoms with Crippen LogP contribution in [0.15, 0.2) is 46.7 Å². The highest BCUT2D eigenvalue weighted by Crippen LogP contribution is 2.22. The van der Waals surface area contributed by atoms with Gasteiger partial charge >= 0.3 is 0 Å². The van der Waals surface area contributed by atoms with Crippen molar-refractivity contribution in [1.29, 1.82) is 0 Å². The lowest BCUT2D eigenvalue weighted by Crippen LogP contribution is -2.27. The molecular formula is C16H13ClN2O2S. The summed E-state index contributed by atoms with van der Waals surface area (Å²) in [7, 11) is 0. The van der Waals surface area contributed by atoms with E-state index in [1.807, 2.05) is 24.4 Å². The summed E-state index contributed by atoms with van der Waals surface area (Å²) in [6.07, 6.45) is 1.64. The molecule has 0 saturated carbocycles. The molecule has 2 heterocycles. The van der Waals surface area contributed by atoms with Crippen LogP contribution in [0.5, 0.6) is 0 Å². The van der Waals surface area contributed by atoms with E-state index in [1.165, 1.54) is 15.9 Å². The maximum atomic E-state index is 12.3. The number of nitrogens with one attached hydrogen (secondary N) is 1. The van der Waals surface area contributed by atoms with Crippen LogP contribution in [0.3, 0.4) is 0 Å². The number of fused-ring (bicyclic) bond motifs is 1. The van der Waals surface area contributed by atoms with E-state index in [1.54, 1.807) is 24.4 Å². The normalized spacial score (nSPS) is 10.8. The van der Waals surface area contributed by atoms with Gasteiger partial charge in [-0.1, -0.05) is 17.7 Å². The van der Waals surface area contributed by atoms with Crippen LogP contribution in [0.25, 0.3) is 10.1 Å². The first-order chi connectivity index (χ1) is 10.5. The van der Waals surface area contributed by atoms with E-state index in [9.17, 15) is 9.59 Å². The first-order valence-corrected chi connectivity index (χ1v) is 7.93. The van der Waals surface area contributed by atoms with Gasteiger partial charge in [-0.3, -0.25) is 9.59 Å². The lowest BCUT2D eigenvalue weighted by molar-refractivity contribution is -0.116. The van der Waals surface area contributed by atoms with Crippen LogP contribution in [0.2, 0.25) is 5.02 Å². The molecule has 0 unspecified atom stereocenters. The topological polar surface area (TPSA) is 51.1 Å². The smallest absolute Gasteiger partial charge is 0.259 e. The van der Waals surface area contributed by atoms with E-state index in [-0.39, 0.29) is 18.0 Å². The third kappa shape index (κ3) is 2.91. The van der Waals surface area contributed by atoms with E-state index >= 15 is 0 Å². The molecule has 22 heavy (non-hydrogen) atoms. The maximum Gasteiger partial charge on any atom is 0.259 e. The van der Waals surface area contributed by atoms with Crippen LogP contribution in [-0.4, -0.2) is 10.5 Å². The van der Waals surface area contributed by atoms with Crippen molar-refractivity contribution < 1.29 is 4.79 Å². The van der Waals surface area contributed by atoms with Crippen molar-refractivity contribution in [3.05, 3.63) is 62.8 Å². The highest BCUT2D eigenvalue weighted by atomic mass is 35.5. The number of carbonyl (C=O) groups is 1. The fourth-order valence-electron chi connectivity index (χ4n) is 2.20. The van der Waals surface area contributed by atoms with Gasteiger partial charge in [0, 0.05) is 10.9 Å². The van der Waals surface area contributed by atoms with Crippen LogP contribution in [0.1, 0.15) is 5.56 Å². The van der Waals surface area contributed by atoms with Gasteiger partial charge < -0.3 is 9.88 Å². The maximum absolute atomic E-state index is 12.3. The lowest BCUT2D eigenvalue weighted by atomic mass is 10.2. The van der Waals surface area contributed by atoms with Crippen molar-refractivity contribution in [2.24, 2.45) is 0 Å². The minimum Gasteiger partial charge on any atom is -0.323 e. The quantitative estimate of drug-likeness (QED) is 0.795. The second kappa shape index (κ2) is 5.94. The number of carbonyl (C=O) groups excluding carboxylic acids is 1. The third-order valence-corrected chi connectivity index (χ3v) is 4.50. The number of aromatic nitrogens is 1. The zero-order valence-electron chi connectivity index (χ0n) is 11.8. The molecule has 0 spiro atoms. The molecule has 0 radical (unpaired) electrons. The van der Waals surface area contributed by atoms with E-state index in [2.05, 4.69) is 5.32 Å². The minimum absolute atomic E-state index is 0.0468. The second-order valence-electron chi connectivity index (χ2n) is 4.98. The van der Waals surface area contributed by atoms with Gasteiger partial charge in [-0.05, 0) is 42.1 Å². The summed E-state index contributed by atoms with van der Waals surface area (Å²) in [6, 6.07) is 9.01. The molecule has 3 aromatic rings. The Morgan fingerprint density at radius 1 is 1.32 bits per heavy atom. The van der Waals surface area contributed by atoms with Crippen LogP contribution < -0.4 is 10.9 Å². The number of anilines is 1. The van der Waals surface area contributed by atoms with Gasteiger partial charge in [-0.2, -0.15) is 0 Å². The standard InChI is InChI=1S/C16H13ClN2O2S/c1-10-2-3-13(12(17)8-10)18-15(20)9-19-6-4-14-11(16(19)21)5-7-22-14/h2-8H,9H2,1H3,(H,18,20). The average Bonchev–Trinajstić information content (AvgIpc) is 2.94. The summed E-state index contributed by atoms with van der Waals surface area (Å²) < 4.78 is 2.31. The Balaban J connectivity index is 1.81. The first kappa shape index (κ1) is 14.8. The third-order valence-electron chi connectivity index (χ3n) is 3.30. The number of aryl methyl sites for hydroxylation is 1. The van der Waals surface area contributed by atoms with Crippen molar-refractivity contribution in [3.8, 4) is 0 Å². The fourth-order valence-corrected chi connectivity index (χ4v) is 3.25. The molecule has 6 heteroatoms. The second-order valence-corrected chi connectivity index (χ2v) is 6.33. The van der Waals surface area contributed by atoms with Gasteiger partial charge in [0.15, 0.2) is 0 Å². The summed E-state index contributed by atoms with van der Waals surface area (Å²) in [5, 5.41) is 5.70. The average molecular weight is 333 g/mol. The summed E-state index contributed by atoms with van der Waals surface area (Å²) in [5.74, 6) is -0.289. The molecular weight excluding hydrogens is 320 g/mol. The monoisotopic (exact) mass is 332 g/mol. The van der Waals surface area contributed by atoms with Gasteiger partial charge in [0.05, 0.1) is 16.1 Å². The number of amides is 1. The van der Waals surface area contributed by atoms with Gasteiger partial charge in [-0.15, -0.1) is 11.3 Å². The highest BCUT2D eigenvalue weighted by molar-refractivity contribution is 7.17. The van der Waals surface area contributed by atoms with E-state index in [0.717, 1.165) is 10.3 Å². The molecule has 4 nitrogen and oxygen atoms in total. The Morgan fingerprint density at radius 2 is 2.14 bits per heavy atom. The number of hydrogen-bond donors (Lipinski definition) is 1. The van der Waals surface area contributed by atoms with Crippen molar-refractivity contribution in [3.63, 3.8) is 0 Å². The number of nitrogens with zero attached hydrogens (tertiary/aromatic N) is 1. The number of benzene rings is 1. The molecule has 1 amide bonds. The fraction of sp³-hybridized carbons (Fsp3) is 0.125. The largest absolute Gasteiger partial charge is 0.323 e. The van der Waals surface area contributed by atoms with Crippen molar-refractivity contribution in [2.45, 2.75) is 13.5 Å². The highest BCUT2D eigenvalue weighted by Gasteiger charge is 2.09. The Morgan fingerprint density at radius 3 is 2.91 bits per heavy atom. The summed E-state index contributed by atoms with van der Waals surface area (Å²) >= 11 is 7.59. The van der Waals surface area contributed by atoms with Crippen LogP contribution in [0.4, 0.5) is 5.69 Å². The van der Waals surface area contributed by atoms with Crippen molar-refractivity contribution in [2.75, 3.05) is 5.32 Å². The SMILES string of the molecule is Cc1ccc(NC(=O)Cn2ccc3sccc3c2=O)c(Cl)c1. The minimum atomic E-state index is -0.289. The molecule has 1 N–H and O–H groups in total. The summed E-state index contributed by atoms with van der Waals surface area (Å²) in [6.45, 7) is 1.88. The predicted molar refractivity (Wildman–Crippen MR) is 90.9 cm³/mol. The Hall–Kier alpha value is -2.11. The molecule has 2 aromatic heterocycles. The predicted octanol–water partition coefficient (Wildman–Crippen LogP) is 3.66. The van der Waals surface area contributed by atoms with Crippen molar-refractivity contribution >= 4 is 44.6 Å². The Bertz CT molecular complexity index is 914. The summed E-state index contributed by atoms with van der Waals surface area (Å²) in [4.78, 5) is 24.4. The molecule has 0 fully saturated rings. The molecule has 0 atom stereocenters. The summed E-state index contributed by atoms with van der Waals surface area (Å²) in [5.41, 5.74) is 1.40. The number of hydrogen-bond acceptors (Lipinski definition) is 3. The van der Waals surface area contributed by atoms with E-state index < -0.39 is 0 Å². The van der Waals surface area contributed by atoms with Gasteiger partial charge in [0.1, 0.15) is 6.54 Å². The number of rotatable bonds is 3. The van der Waals surface area contributed by atoms with Gasteiger partial charge in [-0.25, -0.2) is 0 Å². The molecule has 0 aliphatic rings. The molecule has 3 rings (SSSR count). The zero-order chi connectivity index (χ0) is 15.7. The Kier molecular flexibility index (Phi) is 4.00.